The molecule has 2 heterocycles. The van der Waals surface area contributed by atoms with Crippen molar-refractivity contribution in [2.75, 3.05) is 31.1 Å². The Labute approximate surface area is 131 Å². The fraction of sp³-hybridized carbons (Fsp3) is 0.385. The van der Waals surface area contributed by atoms with Crippen LogP contribution in [0.2, 0.25) is 10.0 Å². The number of hydrogen-bond acceptors (Lipinski definition) is 5. The SMILES string of the molecule is Clc1ccc(Cc2nsc(N3CCNCC3)n2)c(Cl)c1. The number of aromatic nitrogens is 2. The van der Waals surface area contributed by atoms with E-state index in [0.29, 0.717) is 16.5 Å². The molecule has 1 aromatic carbocycles. The molecule has 1 saturated heterocycles. The van der Waals surface area contributed by atoms with Crippen LogP contribution in [0.25, 0.3) is 0 Å². The molecule has 1 fully saturated rings. The summed E-state index contributed by atoms with van der Waals surface area (Å²) in [4.78, 5) is 6.87. The molecule has 7 heteroatoms. The zero-order valence-electron chi connectivity index (χ0n) is 10.8. The van der Waals surface area contributed by atoms with Crippen LogP contribution in [0.1, 0.15) is 11.4 Å². The van der Waals surface area contributed by atoms with E-state index in [4.69, 9.17) is 23.2 Å². The molecule has 0 spiro atoms. The fourth-order valence-corrected chi connectivity index (χ4v) is 3.35. The molecule has 3 rings (SSSR count). The summed E-state index contributed by atoms with van der Waals surface area (Å²) in [6.07, 6.45) is 0.637. The second-order valence-corrected chi connectivity index (χ2v) is 6.22. The van der Waals surface area contributed by atoms with Crippen LogP contribution in [0.4, 0.5) is 5.13 Å². The lowest BCUT2D eigenvalue weighted by atomic mass is 10.1. The van der Waals surface area contributed by atoms with Crippen molar-refractivity contribution in [3.63, 3.8) is 0 Å². The predicted octanol–water partition coefficient (Wildman–Crippen LogP) is 2.85. The van der Waals surface area contributed by atoms with E-state index < -0.39 is 0 Å². The van der Waals surface area contributed by atoms with E-state index >= 15 is 0 Å². The third-order valence-electron chi connectivity index (χ3n) is 3.21. The van der Waals surface area contributed by atoms with Gasteiger partial charge in [0.25, 0.3) is 0 Å². The zero-order valence-corrected chi connectivity index (χ0v) is 13.1. The molecule has 4 nitrogen and oxygen atoms in total. The van der Waals surface area contributed by atoms with Crippen LogP contribution < -0.4 is 10.2 Å². The third kappa shape index (κ3) is 3.23. The number of anilines is 1. The summed E-state index contributed by atoms with van der Waals surface area (Å²) in [6, 6.07) is 5.52. The highest BCUT2D eigenvalue weighted by molar-refractivity contribution is 7.09. The average molecular weight is 329 g/mol. The van der Waals surface area contributed by atoms with Crippen molar-refractivity contribution in [3.05, 3.63) is 39.6 Å². The molecule has 0 radical (unpaired) electrons. The molecule has 1 aliphatic heterocycles. The number of halogens is 2. The lowest BCUT2D eigenvalue weighted by molar-refractivity contribution is 0.588. The zero-order chi connectivity index (χ0) is 13.9. The Morgan fingerprint density at radius 3 is 2.80 bits per heavy atom. The largest absolute Gasteiger partial charge is 0.344 e. The Balaban J connectivity index is 1.73. The van der Waals surface area contributed by atoms with Crippen molar-refractivity contribution in [3.8, 4) is 0 Å². The van der Waals surface area contributed by atoms with Gasteiger partial charge >= 0.3 is 0 Å². The van der Waals surface area contributed by atoms with Crippen LogP contribution in [0.5, 0.6) is 0 Å². The van der Waals surface area contributed by atoms with Gasteiger partial charge < -0.3 is 10.2 Å². The van der Waals surface area contributed by atoms with Gasteiger partial charge in [0.1, 0.15) is 5.82 Å². The lowest BCUT2D eigenvalue weighted by Gasteiger charge is -2.26. The van der Waals surface area contributed by atoms with Crippen LogP contribution in [-0.4, -0.2) is 35.5 Å². The maximum absolute atomic E-state index is 6.18. The van der Waals surface area contributed by atoms with E-state index in [1.807, 2.05) is 12.1 Å². The number of hydrogen-bond donors (Lipinski definition) is 1. The Hall–Kier alpha value is -0.880. The highest BCUT2D eigenvalue weighted by atomic mass is 35.5. The van der Waals surface area contributed by atoms with Crippen molar-refractivity contribution in [1.82, 2.24) is 14.7 Å². The summed E-state index contributed by atoms with van der Waals surface area (Å²) in [5.41, 5.74) is 1.00. The smallest absolute Gasteiger partial charge is 0.205 e. The first-order valence-electron chi connectivity index (χ1n) is 6.44. The Kier molecular flexibility index (Phi) is 4.41. The number of nitrogens with zero attached hydrogens (tertiary/aromatic N) is 3. The summed E-state index contributed by atoms with van der Waals surface area (Å²) in [5, 5.41) is 5.63. The topological polar surface area (TPSA) is 41.1 Å². The molecule has 0 amide bonds. The van der Waals surface area contributed by atoms with E-state index in [2.05, 4.69) is 19.6 Å². The lowest BCUT2D eigenvalue weighted by Crippen LogP contribution is -2.43. The number of nitrogens with one attached hydrogen (secondary N) is 1. The molecule has 1 aromatic heterocycles. The van der Waals surface area contributed by atoms with Crippen molar-refractivity contribution in [2.24, 2.45) is 0 Å². The van der Waals surface area contributed by atoms with Gasteiger partial charge in [-0.2, -0.15) is 4.37 Å². The quantitative estimate of drug-likeness (QED) is 0.940. The minimum atomic E-state index is 0.637. The highest BCUT2D eigenvalue weighted by Gasteiger charge is 2.15. The second kappa shape index (κ2) is 6.26. The van der Waals surface area contributed by atoms with Crippen molar-refractivity contribution < 1.29 is 0 Å². The van der Waals surface area contributed by atoms with Gasteiger partial charge in [-0.15, -0.1) is 0 Å². The summed E-state index contributed by atoms with van der Waals surface area (Å²) >= 11 is 13.5. The van der Waals surface area contributed by atoms with Crippen LogP contribution in [-0.2, 0) is 6.42 Å². The summed E-state index contributed by atoms with van der Waals surface area (Å²) < 4.78 is 4.43. The molecule has 0 bridgehead atoms. The fourth-order valence-electron chi connectivity index (χ4n) is 2.14. The molecule has 2 aromatic rings. The van der Waals surface area contributed by atoms with E-state index in [1.54, 1.807) is 6.07 Å². The summed E-state index contributed by atoms with van der Waals surface area (Å²) in [6.45, 7) is 3.96. The summed E-state index contributed by atoms with van der Waals surface area (Å²) in [7, 11) is 0. The van der Waals surface area contributed by atoms with Gasteiger partial charge in [0, 0.05) is 54.2 Å². The summed E-state index contributed by atoms with van der Waals surface area (Å²) in [5.74, 6) is 0.813. The first-order valence-corrected chi connectivity index (χ1v) is 7.97. The second-order valence-electron chi connectivity index (χ2n) is 4.64. The van der Waals surface area contributed by atoms with Gasteiger partial charge in [0.05, 0.1) is 0 Å². The van der Waals surface area contributed by atoms with Crippen LogP contribution in [0.15, 0.2) is 18.2 Å². The third-order valence-corrected chi connectivity index (χ3v) is 4.61. The number of piperazine rings is 1. The molecular weight excluding hydrogens is 315 g/mol. The molecule has 0 aliphatic carbocycles. The Morgan fingerprint density at radius 2 is 2.05 bits per heavy atom. The minimum absolute atomic E-state index is 0.637. The molecule has 0 atom stereocenters. The van der Waals surface area contributed by atoms with E-state index in [9.17, 15) is 0 Å². The van der Waals surface area contributed by atoms with Crippen molar-refractivity contribution in [1.29, 1.82) is 0 Å². The molecule has 0 saturated carbocycles. The van der Waals surface area contributed by atoms with E-state index in [1.165, 1.54) is 11.5 Å². The van der Waals surface area contributed by atoms with Gasteiger partial charge in [0.15, 0.2) is 0 Å². The predicted molar refractivity (Wildman–Crippen MR) is 84.3 cm³/mol. The van der Waals surface area contributed by atoms with E-state index in [-0.39, 0.29) is 0 Å². The van der Waals surface area contributed by atoms with Gasteiger partial charge in [0.2, 0.25) is 5.13 Å². The first-order chi connectivity index (χ1) is 9.72. The van der Waals surface area contributed by atoms with Crippen LogP contribution in [0, 0.1) is 0 Å². The van der Waals surface area contributed by atoms with Gasteiger partial charge in [-0.1, -0.05) is 29.3 Å². The molecule has 0 unspecified atom stereocenters. The van der Waals surface area contributed by atoms with Crippen LogP contribution >= 0.6 is 34.7 Å². The van der Waals surface area contributed by atoms with Gasteiger partial charge in [-0.3, -0.25) is 0 Å². The molecule has 20 heavy (non-hydrogen) atoms. The maximum atomic E-state index is 6.18. The first kappa shape index (κ1) is 14.1. The standard InChI is InChI=1S/C13H14Cl2N4S/c14-10-2-1-9(11(15)8-10)7-12-17-13(20-18-12)19-5-3-16-4-6-19/h1-2,8,16H,3-7H2. The highest BCUT2D eigenvalue weighted by Crippen LogP contribution is 2.24. The number of benzene rings is 1. The Morgan fingerprint density at radius 1 is 1.25 bits per heavy atom. The Bertz CT molecular complexity index is 596. The van der Waals surface area contributed by atoms with Crippen molar-refractivity contribution in [2.45, 2.75) is 6.42 Å². The normalized spacial score (nSPS) is 15.6. The molecule has 106 valence electrons. The van der Waals surface area contributed by atoms with Gasteiger partial charge in [-0.25, -0.2) is 4.98 Å². The maximum Gasteiger partial charge on any atom is 0.205 e. The van der Waals surface area contributed by atoms with Crippen LogP contribution in [0.3, 0.4) is 0 Å². The number of rotatable bonds is 3. The molecule has 1 N–H and O–H groups in total. The average Bonchev–Trinajstić information content (AvgIpc) is 2.92. The molecular formula is C13H14Cl2N4S. The van der Waals surface area contributed by atoms with E-state index in [0.717, 1.165) is 42.7 Å². The van der Waals surface area contributed by atoms with Gasteiger partial charge in [-0.05, 0) is 17.7 Å². The minimum Gasteiger partial charge on any atom is -0.344 e. The molecule has 1 aliphatic rings. The van der Waals surface area contributed by atoms with Crippen molar-refractivity contribution >= 4 is 39.9 Å². The monoisotopic (exact) mass is 328 g/mol.